The van der Waals surface area contributed by atoms with E-state index < -0.39 is 5.60 Å². The van der Waals surface area contributed by atoms with Gasteiger partial charge in [0.1, 0.15) is 11.4 Å². The van der Waals surface area contributed by atoms with Crippen molar-refractivity contribution in [3.8, 4) is 0 Å². The highest BCUT2D eigenvalue weighted by Crippen LogP contribution is 2.34. The number of benzene rings is 1. The minimum atomic E-state index is -0.893. The first-order valence-electron chi connectivity index (χ1n) is 5.20. The van der Waals surface area contributed by atoms with Crippen LogP contribution < -0.4 is 0 Å². The number of nitrogens with zero attached hydrogens (tertiary/aromatic N) is 1. The molecule has 0 spiro atoms. The normalized spacial score (nSPS) is 32.1. The van der Waals surface area contributed by atoms with Crippen LogP contribution in [0.25, 0.3) is 0 Å². The minimum absolute atomic E-state index is 0.289. The molecular formula is C12H16FNO. The number of aliphatic hydroxyl groups is 1. The molecule has 15 heavy (non-hydrogen) atoms. The quantitative estimate of drug-likeness (QED) is 0.761. The van der Waals surface area contributed by atoms with Gasteiger partial charge in [0.25, 0.3) is 0 Å². The van der Waals surface area contributed by atoms with Crippen LogP contribution in [0.15, 0.2) is 24.3 Å². The zero-order chi connectivity index (χ0) is 11.1. The first kappa shape index (κ1) is 10.6. The molecule has 1 heterocycles. The average molecular weight is 209 g/mol. The molecule has 3 heteroatoms. The van der Waals surface area contributed by atoms with Gasteiger partial charge in [0, 0.05) is 12.6 Å². The van der Waals surface area contributed by atoms with Gasteiger partial charge in [0.2, 0.25) is 0 Å². The van der Waals surface area contributed by atoms with E-state index in [2.05, 4.69) is 11.8 Å². The topological polar surface area (TPSA) is 23.5 Å². The maximum Gasteiger partial charge on any atom is 0.123 e. The molecule has 1 aromatic carbocycles. The number of halogens is 1. The predicted octanol–water partition coefficient (Wildman–Crippen LogP) is 1.74. The Kier molecular flexibility index (Phi) is 2.52. The van der Waals surface area contributed by atoms with Crippen molar-refractivity contribution in [3.63, 3.8) is 0 Å². The molecule has 0 amide bonds. The van der Waals surface area contributed by atoms with Crippen molar-refractivity contribution in [3.05, 3.63) is 35.6 Å². The lowest BCUT2D eigenvalue weighted by atomic mass is 9.91. The number of likely N-dealkylation sites (tertiary alicyclic amines) is 1. The molecular weight excluding hydrogens is 193 g/mol. The predicted molar refractivity (Wildman–Crippen MR) is 57.0 cm³/mol. The SMILES string of the molecule is CC1CC(O)(c2cccc(F)c2)CN1C. The number of likely N-dealkylation sites (N-methyl/N-ethyl adjacent to an activating group) is 1. The Morgan fingerprint density at radius 1 is 1.53 bits per heavy atom. The number of β-amino-alcohol motifs (C(OH)–C–C–N with tert-alkyl or cyclic N) is 1. The first-order valence-corrected chi connectivity index (χ1v) is 5.20. The van der Waals surface area contributed by atoms with E-state index in [0.717, 1.165) is 0 Å². The van der Waals surface area contributed by atoms with E-state index in [1.807, 2.05) is 7.05 Å². The fourth-order valence-electron chi connectivity index (χ4n) is 2.26. The summed E-state index contributed by atoms with van der Waals surface area (Å²) in [6, 6.07) is 6.58. The monoisotopic (exact) mass is 209 g/mol. The summed E-state index contributed by atoms with van der Waals surface area (Å²) < 4.78 is 13.1. The highest BCUT2D eigenvalue weighted by Gasteiger charge is 2.40. The largest absolute Gasteiger partial charge is 0.384 e. The van der Waals surface area contributed by atoms with Crippen molar-refractivity contribution < 1.29 is 9.50 Å². The number of hydrogen-bond acceptors (Lipinski definition) is 2. The lowest BCUT2D eigenvalue weighted by Gasteiger charge is -2.22. The van der Waals surface area contributed by atoms with Crippen LogP contribution in [-0.4, -0.2) is 29.6 Å². The van der Waals surface area contributed by atoms with Crippen LogP contribution in [0, 0.1) is 5.82 Å². The van der Waals surface area contributed by atoms with E-state index >= 15 is 0 Å². The van der Waals surface area contributed by atoms with Gasteiger partial charge < -0.3 is 10.0 Å². The molecule has 0 aromatic heterocycles. The van der Waals surface area contributed by atoms with Gasteiger partial charge in [-0.25, -0.2) is 4.39 Å². The fourth-order valence-corrected chi connectivity index (χ4v) is 2.26. The Balaban J connectivity index is 2.31. The highest BCUT2D eigenvalue weighted by atomic mass is 19.1. The van der Waals surface area contributed by atoms with E-state index in [9.17, 15) is 9.50 Å². The van der Waals surface area contributed by atoms with Gasteiger partial charge >= 0.3 is 0 Å². The van der Waals surface area contributed by atoms with E-state index in [1.54, 1.807) is 12.1 Å². The molecule has 2 unspecified atom stereocenters. The molecule has 2 rings (SSSR count). The summed E-state index contributed by atoms with van der Waals surface area (Å²) in [5, 5.41) is 10.4. The molecule has 0 bridgehead atoms. The molecule has 1 saturated heterocycles. The molecule has 0 aliphatic carbocycles. The van der Waals surface area contributed by atoms with Crippen molar-refractivity contribution in [2.75, 3.05) is 13.6 Å². The molecule has 1 N–H and O–H groups in total. The van der Waals surface area contributed by atoms with Crippen molar-refractivity contribution >= 4 is 0 Å². The lowest BCUT2D eigenvalue weighted by molar-refractivity contribution is 0.0483. The Labute approximate surface area is 89.3 Å². The highest BCUT2D eigenvalue weighted by molar-refractivity contribution is 5.25. The van der Waals surface area contributed by atoms with Crippen molar-refractivity contribution in [2.24, 2.45) is 0 Å². The summed E-state index contributed by atoms with van der Waals surface area (Å²) in [6.45, 7) is 2.63. The van der Waals surface area contributed by atoms with Gasteiger partial charge in [-0.1, -0.05) is 12.1 Å². The molecule has 1 aliphatic rings. The Morgan fingerprint density at radius 3 is 2.80 bits per heavy atom. The standard InChI is InChI=1S/C12H16FNO/c1-9-7-12(15,8-14(9)2)10-4-3-5-11(13)6-10/h3-6,9,15H,7-8H2,1-2H3. The molecule has 1 fully saturated rings. The van der Waals surface area contributed by atoms with Gasteiger partial charge in [0.05, 0.1) is 0 Å². The van der Waals surface area contributed by atoms with Crippen LogP contribution in [0.4, 0.5) is 4.39 Å². The molecule has 0 saturated carbocycles. The van der Waals surface area contributed by atoms with Gasteiger partial charge in [-0.3, -0.25) is 0 Å². The second-order valence-electron chi connectivity index (χ2n) is 4.51. The van der Waals surface area contributed by atoms with Crippen LogP contribution in [-0.2, 0) is 5.60 Å². The molecule has 2 nitrogen and oxygen atoms in total. The van der Waals surface area contributed by atoms with Crippen LogP contribution >= 0.6 is 0 Å². The van der Waals surface area contributed by atoms with Crippen molar-refractivity contribution in [1.82, 2.24) is 4.90 Å². The zero-order valence-corrected chi connectivity index (χ0v) is 9.07. The molecule has 2 atom stereocenters. The summed E-state index contributed by atoms with van der Waals surface area (Å²) in [4.78, 5) is 2.09. The summed E-state index contributed by atoms with van der Waals surface area (Å²) in [5.41, 5.74) is -0.213. The Hall–Kier alpha value is -0.930. The van der Waals surface area contributed by atoms with E-state index in [4.69, 9.17) is 0 Å². The average Bonchev–Trinajstić information content (AvgIpc) is 2.42. The molecule has 0 radical (unpaired) electrons. The Morgan fingerprint density at radius 2 is 2.27 bits per heavy atom. The van der Waals surface area contributed by atoms with Crippen LogP contribution in [0.1, 0.15) is 18.9 Å². The summed E-state index contributed by atoms with van der Waals surface area (Å²) in [7, 11) is 1.97. The summed E-state index contributed by atoms with van der Waals surface area (Å²) in [5.74, 6) is -0.289. The lowest BCUT2D eigenvalue weighted by Crippen LogP contribution is -2.29. The fraction of sp³-hybridized carbons (Fsp3) is 0.500. The van der Waals surface area contributed by atoms with Gasteiger partial charge in [-0.05, 0) is 38.1 Å². The summed E-state index contributed by atoms with van der Waals surface area (Å²) in [6.07, 6.45) is 0.660. The van der Waals surface area contributed by atoms with Crippen LogP contribution in [0.5, 0.6) is 0 Å². The van der Waals surface area contributed by atoms with E-state index in [0.29, 0.717) is 24.6 Å². The molecule has 82 valence electrons. The van der Waals surface area contributed by atoms with E-state index in [-0.39, 0.29) is 5.82 Å². The smallest absolute Gasteiger partial charge is 0.123 e. The van der Waals surface area contributed by atoms with Crippen LogP contribution in [0.3, 0.4) is 0 Å². The zero-order valence-electron chi connectivity index (χ0n) is 9.07. The maximum atomic E-state index is 13.1. The van der Waals surface area contributed by atoms with Gasteiger partial charge in [-0.15, -0.1) is 0 Å². The van der Waals surface area contributed by atoms with Gasteiger partial charge in [0.15, 0.2) is 0 Å². The molecule has 1 aliphatic heterocycles. The second-order valence-corrected chi connectivity index (χ2v) is 4.51. The number of hydrogen-bond donors (Lipinski definition) is 1. The first-order chi connectivity index (χ1) is 7.01. The minimum Gasteiger partial charge on any atom is -0.384 e. The number of rotatable bonds is 1. The maximum absolute atomic E-state index is 13.1. The third-order valence-electron chi connectivity index (χ3n) is 3.26. The Bertz CT molecular complexity index is 356. The van der Waals surface area contributed by atoms with Crippen LogP contribution in [0.2, 0.25) is 0 Å². The second kappa shape index (κ2) is 3.58. The van der Waals surface area contributed by atoms with Crippen molar-refractivity contribution in [2.45, 2.75) is 25.0 Å². The van der Waals surface area contributed by atoms with E-state index in [1.165, 1.54) is 12.1 Å². The van der Waals surface area contributed by atoms with Gasteiger partial charge in [-0.2, -0.15) is 0 Å². The van der Waals surface area contributed by atoms with Crippen molar-refractivity contribution in [1.29, 1.82) is 0 Å². The summed E-state index contributed by atoms with van der Waals surface area (Å²) >= 11 is 0. The molecule has 1 aromatic rings. The third kappa shape index (κ3) is 1.90. The third-order valence-corrected chi connectivity index (χ3v) is 3.26.